The summed E-state index contributed by atoms with van der Waals surface area (Å²) in [5, 5.41) is 11.6. The second-order valence-electron chi connectivity index (χ2n) is 13.1. The summed E-state index contributed by atoms with van der Waals surface area (Å²) >= 11 is 0. The molecule has 3 saturated heterocycles. The molecule has 0 bridgehead atoms. The fraction of sp³-hybridized carbons (Fsp3) is 0.457. The number of benzene rings is 2. The van der Waals surface area contributed by atoms with E-state index in [1.54, 1.807) is 0 Å². The zero-order valence-electron chi connectivity index (χ0n) is 25.5. The number of alkyl halides is 1. The molecule has 1 N–H and O–H groups in total. The minimum Gasteiger partial charge on any atom is -0.508 e. The molecule has 2 aromatic carbocycles. The summed E-state index contributed by atoms with van der Waals surface area (Å²) in [4.78, 5) is 18.4. The number of ether oxygens (including phenoxy) is 2. The molecule has 0 aliphatic carbocycles. The van der Waals surface area contributed by atoms with E-state index in [0.717, 1.165) is 38.6 Å². The Labute approximate surface area is 264 Å². The van der Waals surface area contributed by atoms with Crippen molar-refractivity contribution in [2.45, 2.75) is 63.2 Å². The van der Waals surface area contributed by atoms with Crippen LogP contribution in [0.25, 0.3) is 32.9 Å². The van der Waals surface area contributed by atoms with Crippen LogP contribution < -0.4 is 14.4 Å². The van der Waals surface area contributed by atoms with Gasteiger partial charge in [0, 0.05) is 30.5 Å². The summed E-state index contributed by atoms with van der Waals surface area (Å²) in [6.45, 7) is 4.46. The lowest BCUT2D eigenvalue weighted by molar-refractivity contribution is 0.0794. The first-order valence-corrected chi connectivity index (χ1v) is 16.0. The van der Waals surface area contributed by atoms with Crippen molar-refractivity contribution < 1.29 is 27.8 Å². The highest BCUT2D eigenvalue weighted by molar-refractivity contribution is 6.04. The quantitative estimate of drug-likeness (QED) is 0.269. The molecule has 0 amide bonds. The Balaban J connectivity index is 1.33. The normalized spacial score (nSPS) is 25.9. The monoisotopic (exact) mass is 629 g/mol. The van der Waals surface area contributed by atoms with E-state index in [4.69, 9.17) is 20.9 Å². The lowest BCUT2D eigenvalue weighted by Crippen LogP contribution is -2.47. The van der Waals surface area contributed by atoms with Crippen LogP contribution in [0, 0.1) is 29.9 Å². The van der Waals surface area contributed by atoms with Gasteiger partial charge in [-0.3, -0.25) is 4.90 Å². The molecule has 3 fully saturated rings. The van der Waals surface area contributed by atoms with E-state index in [-0.39, 0.29) is 63.9 Å². The van der Waals surface area contributed by atoms with E-state index < -0.39 is 23.3 Å². The SMILES string of the molecule is C#Cc1c(F)ccc2cc(O)cc(-c3nc4c5c(nc(OC[C@]67C[C@@H](F)CN6CCC7C)nc5c3F)N3CCCCC[C@H]3CO4)c12. The van der Waals surface area contributed by atoms with Gasteiger partial charge in [0.1, 0.15) is 53.4 Å². The van der Waals surface area contributed by atoms with E-state index in [1.165, 1.54) is 24.3 Å². The highest BCUT2D eigenvalue weighted by Crippen LogP contribution is 2.46. The summed E-state index contributed by atoms with van der Waals surface area (Å²) in [6, 6.07) is 5.41. The van der Waals surface area contributed by atoms with E-state index in [9.17, 15) is 13.9 Å². The molecular formula is C35H34F3N5O3. The van der Waals surface area contributed by atoms with Crippen molar-refractivity contribution in [1.29, 1.82) is 0 Å². The number of phenolic OH excluding ortho intramolecular Hbond substituents is 1. The van der Waals surface area contributed by atoms with Gasteiger partial charge in [-0.05, 0) is 55.3 Å². The Bertz CT molecular complexity index is 1930. The van der Waals surface area contributed by atoms with Crippen LogP contribution in [0.15, 0.2) is 24.3 Å². The molecule has 6 heterocycles. The fourth-order valence-corrected chi connectivity index (χ4v) is 8.14. The summed E-state index contributed by atoms with van der Waals surface area (Å²) in [6.07, 6.45) is 9.95. The number of rotatable bonds is 4. The fourth-order valence-electron chi connectivity index (χ4n) is 8.14. The number of fused-ring (bicyclic) bond motifs is 4. The predicted molar refractivity (Wildman–Crippen MR) is 168 cm³/mol. The van der Waals surface area contributed by atoms with Crippen molar-refractivity contribution in [3.8, 4) is 41.2 Å². The Hall–Kier alpha value is -4.30. The Kier molecular flexibility index (Phi) is 6.90. The molecule has 8 nitrogen and oxygen atoms in total. The third-order valence-corrected chi connectivity index (χ3v) is 10.5. The van der Waals surface area contributed by atoms with Crippen molar-refractivity contribution in [3.05, 3.63) is 41.5 Å². The van der Waals surface area contributed by atoms with Gasteiger partial charge in [0.2, 0.25) is 5.88 Å². The molecule has 4 aliphatic rings. The molecule has 0 spiro atoms. The standard InChI is InChI=1S/C35H34F3N5O3/c1-3-24-26(37)9-8-20-13-23(44)14-25(27(20)24)30-29(38)31-28-32(43-11-6-4-5-7-22(43)17-45-33(28)39-30)41-34(40-31)46-18-35-15-21(36)16-42(35)12-10-19(35)2/h1,8-9,13-14,19,21-22,44H,4-7,10-12,15-18H2,2H3/t19?,21-,22+,35+/m1/s1. The van der Waals surface area contributed by atoms with Crippen LogP contribution in [0.4, 0.5) is 19.0 Å². The van der Waals surface area contributed by atoms with Crippen LogP contribution in [0.5, 0.6) is 17.6 Å². The van der Waals surface area contributed by atoms with Gasteiger partial charge in [-0.2, -0.15) is 9.97 Å². The molecule has 4 atom stereocenters. The smallest absolute Gasteiger partial charge is 0.319 e. The maximum Gasteiger partial charge on any atom is 0.319 e. The largest absolute Gasteiger partial charge is 0.508 e. The van der Waals surface area contributed by atoms with Crippen molar-refractivity contribution in [3.63, 3.8) is 0 Å². The number of nitrogens with zero attached hydrogens (tertiary/aromatic N) is 5. The summed E-state index contributed by atoms with van der Waals surface area (Å²) < 4.78 is 59.2. The van der Waals surface area contributed by atoms with Crippen LogP contribution in [0.2, 0.25) is 0 Å². The molecular weight excluding hydrogens is 595 g/mol. The second-order valence-corrected chi connectivity index (χ2v) is 13.1. The van der Waals surface area contributed by atoms with E-state index in [2.05, 4.69) is 32.6 Å². The second kappa shape index (κ2) is 10.9. The van der Waals surface area contributed by atoms with Crippen LogP contribution >= 0.6 is 0 Å². The van der Waals surface area contributed by atoms with Gasteiger partial charge in [0.25, 0.3) is 0 Å². The minimum absolute atomic E-state index is 0.0127. The number of pyridine rings is 1. The first kappa shape index (κ1) is 29.1. The lowest BCUT2D eigenvalue weighted by atomic mass is 9.85. The van der Waals surface area contributed by atoms with E-state index in [0.29, 0.717) is 42.7 Å². The molecule has 0 saturated carbocycles. The number of terminal acetylenes is 1. The van der Waals surface area contributed by atoms with Gasteiger partial charge in [0.05, 0.1) is 17.1 Å². The van der Waals surface area contributed by atoms with Crippen LogP contribution in [0.3, 0.4) is 0 Å². The van der Waals surface area contributed by atoms with Gasteiger partial charge in [-0.15, -0.1) is 6.42 Å². The number of phenols is 1. The van der Waals surface area contributed by atoms with Crippen LogP contribution in [0.1, 0.15) is 51.0 Å². The molecule has 11 heteroatoms. The number of hydrogen-bond donors (Lipinski definition) is 1. The van der Waals surface area contributed by atoms with Gasteiger partial charge in [0.15, 0.2) is 5.82 Å². The van der Waals surface area contributed by atoms with Gasteiger partial charge >= 0.3 is 6.01 Å². The average molecular weight is 630 g/mol. The molecule has 46 heavy (non-hydrogen) atoms. The zero-order valence-corrected chi connectivity index (χ0v) is 25.5. The number of anilines is 1. The highest BCUT2D eigenvalue weighted by atomic mass is 19.1. The molecule has 4 aromatic rings. The molecule has 4 aliphatic heterocycles. The first-order chi connectivity index (χ1) is 22.3. The summed E-state index contributed by atoms with van der Waals surface area (Å²) in [5.74, 6) is 1.60. The average Bonchev–Trinajstić information content (AvgIpc) is 3.33. The van der Waals surface area contributed by atoms with E-state index in [1.807, 2.05) is 0 Å². The number of aromatic nitrogens is 3. The molecule has 2 aromatic heterocycles. The third-order valence-electron chi connectivity index (χ3n) is 10.5. The first-order valence-electron chi connectivity index (χ1n) is 16.0. The molecule has 1 unspecified atom stereocenters. The van der Waals surface area contributed by atoms with Crippen LogP contribution in [-0.2, 0) is 0 Å². The number of halogens is 3. The Morgan fingerprint density at radius 2 is 1.98 bits per heavy atom. The lowest BCUT2D eigenvalue weighted by Gasteiger charge is -2.35. The Morgan fingerprint density at radius 3 is 2.83 bits per heavy atom. The van der Waals surface area contributed by atoms with Gasteiger partial charge < -0.3 is 19.5 Å². The summed E-state index contributed by atoms with van der Waals surface area (Å²) in [7, 11) is 0. The van der Waals surface area contributed by atoms with Gasteiger partial charge in [-0.1, -0.05) is 31.8 Å². The zero-order chi connectivity index (χ0) is 31.7. The number of aromatic hydroxyl groups is 1. The number of hydrogen-bond acceptors (Lipinski definition) is 8. The third kappa shape index (κ3) is 4.44. The van der Waals surface area contributed by atoms with Crippen molar-refractivity contribution in [2.75, 3.05) is 37.7 Å². The van der Waals surface area contributed by atoms with E-state index >= 15 is 4.39 Å². The highest BCUT2D eigenvalue weighted by Gasteiger charge is 2.53. The molecule has 8 rings (SSSR count). The maximum atomic E-state index is 17.0. The van der Waals surface area contributed by atoms with Gasteiger partial charge in [-0.25, -0.2) is 18.2 Å². The van der Waals surface area contributed by atoms with Crippen molar-refractivity contribution >= 4 is 27.5 Å². The van der Waals surface area contributed by atoms with Crippen molar-refractivity contribution in [1.82, 2.24) is 19.9 Å². The maximum absolute atomic E-state index is 17.0. The topological polar surface area (TPSA) is 83.8 Å². The summed E-state index contributed by atoms with van der Waals surface area (Å²) in [5.41, 5.74) is -0.702. The molecule has 0 radical (unpaired) electrons. The predicted octanol–water partition coefficient (Wildman–Crippen LogP) is 6.15. The minimum atomic E-state index is -0.938. The Morgan fingerprint density at radius 1 is 1.11 bits per heavy atom. The van der Waals surface area contributed by atoms with Crippen molar-refractivity contribution in [2.24, 2.45) is 5.92 Å². The van der Waals surface area contributed by atoms with Crippen LogP contribution in [-0.4, -0.2) is 75.6 Å². The molecule has 238 valence electrons.